The van der Waals surface area contributed by atoms with Gasteiger partial charge in [0.1, 0.15) is 1.37 Å². The van der Waals surface area contributed by atoms with Gasteiger partial charge in [-0.25, -0.2) is 0 Å². The average Bonchev–Trinajstić information content (AvgIpc) is 1.36. The van der Waals surface area contributed by atoms with Gasteiger partial charge in [0.15, 0.2) is 0 Å². The van der Waals surface area contributed by atoms with Crippen molar-refractivity contribution in [3.05, 3.63) is 10.1 Å². The summed E-state index contributed by atoms with van der Waals surface area (Å²) in [5.41, 5.74) is 0. The second kappa shape index (κ2) is 1.69. The largest absolute Gasteiger partial charge is 0.265 e. The molecule has 0 saturated carbocycles. The molecule has 0 fully saturated rings. The molecule has 30 valence electrons. The highest BCUT2D eigenvalue weighted by Crippen LogP contribution is 1.57. The summed E-state index contributed by atoms with van der Waals surface area (Å²) >= 11 is 0. The zero-order valence-corrected chi connectivity index (χ0v) is 2.84. The van der Waals surface area contributed by atoms with Crippen molar-refractivity contribution in [1.82, 2.24) is 0 Å². The van der Waals surface area contributed by atoms with Gasteiger partial charge in [-0.2, -0.15) is 0 Å². The van der Waals surface area contributed by atoms with E-state index in [1.165, 1.54) is 6.92 Å². The van der Waals surface area contributed by atoms with Gasteiger partial charge in [0, 0.05) is 11.8 Å². The van der Waals surface area contributed by atoms with Gasteiger partial charge >= 0.3 is 0 Å². The third-order valence-electron chi connectivity index (χ3n) is 0.211. The van der Waals surface area contributed by atoms with Crippen LogP contribution >= 0.6 is 0 Å². The summed E-state index contributed by atoms with van der Waals surface area (Å²) < 4.78 is 6.33. The van der Waals surface area contributed by atoms with Gasteiger partial charge < -0.3 is 0 Å². The van der Waals surface area contributed by atoms with Crippen molar-refractivity contribution in [2.45, 2.75) is 6.92 Å². The number of hydrogen-bond acceptors (Lipinski definition) is 2. The Bertz CT molecular complexity index is 62.6. The molecule has 0 aromatic rings. The Morgan fingerprint density at radius 3 is 2.60 bits per heavy atom. The molecular formula is C2H5NO2. The Kier molecular flexibility index (Phi) is 0.890. The molecule has 0 aromatic heterocycles. The van der Waals surface area contributed by atoms with Crippen LogP contribution in [0.15, 0.2) is 0 Å². The SMILES string of the molecule is [2H]C(C)[N+](=O)[O-]. The Labute approximate surface area is 31.2 Å². The predicted molar refractivity (Wildman–Crippen MR) is 17.5 cm³/mol. The van der Waals surface area contributed by atoms with Crippen LogP contribution in [0, 0.1) is 10.1 Å². The van der Waals surface area contributed by atoms with Crippen LogP contribution in [0.4, 0.5) is 0 Å². The predicted octanol–water partition coefficient (Wildman–Crippen LogP) is 0.283. The van der Waals surface area contributed by atoms with Crippen LogP contribution in [-0.4, -0.2) is 11.4 Å². The molecule has 0 N–H and O–H groups in total. The number of nitrogens with zero attached hydrogens (tertiary/aromatic N) is 1. The zero-order chi connectivity index (χ0) is 5.15. The van der Waals surface area contributed by atoms with E-state index >= 15 is 0 Å². The molecule has 0 saturated heterocycles. The molecular weight excluding hydrogens is 70.0 g/mol. The van der Waals surface area contributed by atoms with Crippen molar-refractivity contribution in [3.63, 3.8) is 0 Å². The minimum atomic E-state index is -1.18. The molecule has 0 rings (SSSR count). The first-order valence-electron chi connectivity index (χ1n) is 1.78. The lowest BCUT2D eigenvalue weighted by atomic mass is 10.8. The molecule has 0 aromatic carbocycles. The molecule has 0 amide bonds. The van der Waals surface area contributed by atoms with Crippen LogP contribution in [0.1, 0.15) is 8.29 Å². The van der Waals surface area contributed by atoms with E-state index in [0.717, 1.165) is 0 Å². The molecule has 0 aliphatic carbocycles. The molecule has 0 bridgehead atoms. The van der Waals surface area contributed by atoms with Crippen LogP contribution in [0.25, 0.3) is 0 Å². The van der Waals surface area contributed by atoms with Crippen LogP contribution in [-0.2, 0) is 0 Å². The average molecular weight is 76.1 g/mol. The summed E-state index contributed by atoms with van der Waals surface area (Å²) in [7, 11) is 0. The normalized spacial score (nSPS) is 16.6. The highest BCUT2D eigenvalue weighted by molar-refractivity contribution is 4.04. The first-order chi connectivity index (χ1) is 2.64. The third kappa shape index (κ3) is 3.40. The summed E-state index contributed by atoms with van der Waals surface area (Å²) in [5.74, 6) is 0. The maximum atomic E-state index is 9.32. The van der Waals surface area contributed by atoms with Crippen molar-refractivity contribution in [2.24, 2.45) is 0 Å². The van der Waals surface area contributed by atoms with Crippen LogP contribution in [0.2, 0.25) is 0 Å². The molecule has 3 heteroatoms. The van der Waals surface area contributed by atoms with Crippen LogP contribution in [0.5, 0.6) is 0 Å². The lowest BCUT2D eigenvalue weighted by Gasteiger charge is -1.73. The molecule has 1 atom stereocenters. The van der Waals surface area contributed by atoms with Crippen LogP contribution in [0.3, 0.4) is 0 Å². The first-order valence-corrected chi connectivity index (χ1v) is 1.20. The number of hydrogen-bond donors (Lipinski definition) is 0. The Morgan fingerprint density at radius 2 is 2.60 bits per heavy atom. The van der Waals surface area contributed by atoms with Gasteiger partial charge in [0.2, 0.25) is 6.52 Å². The Hall–Kier alpha value is -0.600. The van der Waals surface area contributed by atoms with E-state index in [2.05, 4.69) is 0 Å². The molecule has 5 heavy (non-hydrogen) atoms. The fraction of sp³-hybridized carbons (Fsp3) is 1.00. The van der Waals surface area contributed by atoms with Crippen molar-refractivity contribution >= 4 is 0 Å². The van der Waals surface area contributed by atoms with E-state index in [9.17, 15) is 10.1 Å². The van der Waals surface area contributed by atoms with Gasteiger partial charge in [-0.1, -0.05) is 0 Å². The second-order valence-electron chi connectivity index (χ2n) is 0.544. The molecule has 0 spiro atoms. The summed E-state index contributed by atoms with van der Waals surface area (Å²) in [5, 5.41) is 9.32. The summed E-state index contributed by atoms with van der Waals surface area (Å²) in [6.07, 6.45) is 0. The van der Waals surface area contributed by atoms with E-state index < -0.39 is 11.4 Å². The lowest BCUT2D eigenvalue weighted by molar-refractivity contribution is -0.475. The van der Waals surface area contributed by atoms with Gasteiger partial charge in [-0.05, 0) is 0 Å². The zero-order valence-electron chi connectivity index (χ0n) is 3.84. The lowest BCUT2D eigenvalue weighted by Crippen LogP contribution is -1.92. The Balaban J connectivity index is 3.26. The fourth-order valence-corrected chi connectivity index (χ4v) is 0. The van der Waals surface area contributed by atoms with Gasteiger partial charge in [0.05, 0.1) is 0 Å². The van der Waals surface area contributed by atoms with Crippen molar-refractivity contribution in [3.8, 4) is 0 Å². The molecule has 1 unspecified atom stereocenters. The molecule has 3 nitrogen and oxygen atoms in total. The molecule has 0 aliphatic rings. The number of rotatable bonds is 1. The minimum Gasteiger partial charge on any atom is -0.265 e. The van der Waals surface area contributed by atoms with E-state index in [1.54, 1.807) is 0 Å². The summed E-state index contributed by atoms with van der Waals surface area (Å²) in [6.45, 7) is 0.0324. The van der Waals surface area contributed by atoms with Gasteiger partial charge in [-0.15, -0.1) is 0 Å². The van der Waals surface area contributed by atoms with E-state index in [1.807, 2.05) is 0 Å². The smallest absolute Gasteiger partial charge is 0.201 e. The Morgan fingerprint density at radius 1 is 2.40 bits per heavy atom. The topological polar surface area (TPSA) is 43.1 Å². The summed E-state index contributed by atoms with van der Waals surface area (Å²) in [6, 6.07) is 0. The highest BCUT2D eigenvalue weighted by atomic mass is 16.6. The van der Waals surface area contributed by atoms with Gasteiger partial charge in [-0.3, -0.25) is 10.1 Å². The molecule has 0 aliphatic heterocycles. The minimum absolute atomic E-state index is 0.667. The molecule has 0 radical (unpaired) electrons. The van der Waals surface area contributed by atoms with Crippen LogP contribution < -0.4 is 0 Å². The molecule has 0 heterocycles. The quantitative estimate of drug-likeness (QED) is 0.332. The number of nitro groups is 1. The second-order valence-corrected chi connectivity index (χ2v) is 0.544. The third-order valence-corrected chi connectivity index (χ3v) is 0.211. The van der Waals surface area contributed by atoms with E-state index in [-0.39, 0.29) is 0 Å². The van der Waals surface area contributed by atoms with Crippen molar-refractivity contribution < 1.29 is 6.29 Å². The van der Waals surface area contributed by atoms with Crippen molar-refractivity contribution in [1.29, 1.82) is 0 Å². The standard InChI is InChI=1S/C2H5NO2/c1-2-3(4)5/h2H2,1H3/i2D. The van der Waals surface area contributed by atoms with Gasteiger partial charge in [0.25, 0.3) is 0 Å². The monoisotopic (exact) mass is 76.0 g/mol. The highest BCUT2D eigenvalue weighted by Gasteiger charge is 1.76. The van der Waals surface area contributed by atoms with E-state index in [4.69, 9.17) is 1.37 Å². The maximum absolute atomic E-state index is 9.32. The van der Waals surface area contributed by atoms with E-state index in [0.29, 0.717) is 0 Å². The first kappa shape index (κ1) is 2.63. The maximum Gasteiger partial charge on any atom is 0.201 e. The fourth-order valence-electron chi connectivity index (χ4n) is 0. The summed E-state index contributed by atoms with van der Waals surface area (Å²) in [4.78, 5) is 8.65. The van der Waals surface area contributed by atoms with Crippen molar-refractivity contribution in [2.75, 3.05) is 6.52 Å².